The van der Waals surface area contributed by atoms with Crippen molar-refractivity contribution in [3.05, 3.63) is 84.4 Å². The Balaban J connectivity index is 1.48. The number of nitrogen functional groups attached to an aromatic ring is 1. The molecule has 0 bridgehead atoms. The number of imidazole rings is 1. The maximum absolute atomic E-state index is 13.6. The lowest BCUT2D eigenvalue weighted by Gasteiger charge is -2.19. The van der Waals surface area contributed by atoms with E-state index in [1.165, 1.54) is 18.2 Å². The van der Waals surface area contributed by atoms with Gasteiger partial charge < -0.3 is 14.9 Å². The Kier molecular flexibility index (Phi) is 4.46. The number of hydrogen-bond acceptors (Lipinski definition) is 4. The van der Waals surface area contributed by atoms with E-state index in [1.807, 2.05) is 24.4 Å². The third-order valence-corrected chi connectivity index (χ3v) is 6.23. The summed E-state index contributed by atoms with van der Waals surface area (Å²) >= 11 is 0. The smallest absolute Gasteiger partial charge is 0.220 e. The fraction of sp³-hybridized carbons (Fsp3) is 0.160. The molecule has 5 aromatic rings. The molecule has 0 radical (unpaired) electrons. The molecule has 6 rings (SSSR count). The molecule has 0 unspecified atom stereocenters. The van der Waals surface area contributed by atoms with Gasteiger partial charge in [-0.15, -0.1) is 0 Å². The number of rotatable bonds is 4. The lowest BCUT2D eigenvalue weighted by Crippen LogP contribution is -2.13. The van der Waals surface area contributed by atoms with Crippen LogP contribution < -0.4 is 5.73 Å². The Morgan fingerprint density at radius 1 is 0.970 bits per heavy atom. The van der Waals surface area contributed by atoms with Gasteiger partial charge >= 0.3 is 0 Å². The first-order valence-electron chi connectivity index (χ1n) is 10.8. The monoisotopic (exact) mass is 442 g/mol. The molecule has 2 aromatic carbocycles. The summed E-state index contributed by atoms with van der Waals surface area (Å²) in [4.78, 5) is 13.4. The maximum atomic E-state index is 13.6. The van der Waals surface area contributed by atoms with Crippen molar-refractivity contribution in [2.75, 3.05) is 5.73 Å². The maximum Gasteiger partial charge on any atom is 0.220 e. The zero-order chi connectivity index (χ0) is 22.5. The van der Waals surface area contributed by atoms with E-state index in [1.54, 1.807) is 24.4 Å². The summed E-state index contributed by atoms with van der Waals surface area (Å²) in [7, 11) is 0. The molecule has 0 amide bonds. The van der Waals surface area contributed by atoms with Crippen LogP contribution in [0.4, 0.5) is 14.7 Å². The molecule has 33 heavy (non-hydrogen) atoms. The third kappa shape index (κ3) is 3.34. The molecule has 4 heterocycles. The van der Waals surface area contributed by atoms with Gasteiger partial charge in [-0.25, -0.2) is 23.7 Å². The number of halogens is 2. The molecular formula is C25H20F2N6. The van der Waals surface area contributed by atoms with Crippen LogP contribution in [0, 0.1) is 11.6 Å². The van der Waals surface area contributed by atoms with Crippen LogP contribution in [0.5, 0.6) is 0 Å². The largest absolute Gasteiger partial charge is 0.368 e. The predicted molar refractivity (Wildman–Crippen MR) is 122 cm³/mol. The number of aryl methyl sites for hydroxylation is 1. The van der Waals surface area contributed by atoms with Crippen molar-refractivity contribution in [3.63, 3.8) is 0 Å². The SMILES string of the molecule is Nc1nccc(-c2c(-c3ccc(F)cc3)nc3n2[C@H](Cn2ccc4cc(F)ccc42)CC3)n1. The highest BCUT2D eigenvalue weighted by Crippen LogP contribution is 2.40. The van der Waals surface area contributed by atoms with Crippen LogP contribution in [0.1, 0.15) is 18.3 Å². The van der Waals surface area contributed by atoms with Gasteiger partial charge in [0.05, 0.1) is 23.1 Å². The number of fused-ring (bicyclic) bond motifs is 2. The number of hydrogen-bond donors (Lipinski definition) is 1. The van der Waals surface area contributed by atoms with E-state index in [0.29, 0.717) is 12.2 Å². The first-order valence-corrected chi connectivity index (χ1v) is 10.8. The van der Waals surface area contributed by atoms with E-state index < -0.39 is 0 Å². The summed E-state index contributed by atoms with van der Waals surface area (Å²) in [6.07, 6.45) is 5.35. The van der Waals surface area contributed by atoms with Gasteiger partial charge in [0, 0.05) is 41.8 Å². The van der Waals surface area contributed by atoms with Gasteiger partial charge in [-0.1, -0.05) is 0 Å². The second-order valence-electron chi connectivity index (χ2n) is 8.27. The molecule has 0 spiro atoms. The van der Waals surface area contributed by atoms with Crippen LogP contribution in [0.15, 0.2) is 67.0 Å². The summed E-state index contributed by atoms with van der Waals surface area (Å²) < 4.78 is 31.6. The molecule has 8 heteroatoms. The van der Waals surface area contributed by atoms with E-state index >= 15 is 0 Å². The number of nitrogens with zero attached hydrogens (tertiary/aromatic N) is 5. The minimum absolute atomic E-state index is 0.119. The van der Waals surface area contributed by atoms with Gasteiger partial charge in [-0.2, -0.15) is 0 Å². The van der Waals surface area contributed by atoms with Crippen LogP contribution in [0.25, 0.3) is 33.5 Å². The lowest BCUT2D eigenvalue weighted by molar-refractivity contribution is 0.459. The van der Waals surface area contributed by atoms with Crippen molar-refractivity contribution in [3.8, 4) is 22.6 Å². The molecule has 0 fully saturated rings. The van der Waals surface area contributed by atoms with Gasteiger partial charge in [0.2, 0.25) is 5.95 Å². The normalized spacial score (nSPS) is 15.3. The molecule has 2 N–H and O–H groups in total. The number of anilines is 1. The lowest BCUT2D eigenvalue weighted by atomic mass is 10.1. The molecule has 6 nitrogen and oxygen atoms in total. The zero-order valence-electron chi connectivity index (χ0n) is 17.6. The summed E-state index contributed by atoms with van der Waals surface area (Å²) in [5.74, 6) is 0.591. The summed E-state index contributed by atoms with van der Waals surface area (Å²) in [6.45, 7) is 0.703. The second-order valence-corrected chi connectivity index (χ2v) is 8.27. The Hall–Kier alpha value is -4.07. The van der Waals surface area contributed by atoms with E-state index in [0.717, 1.165) is 46.5 Å². The quantitative estimate of drug-likeness (QED) is 0.425. The van der Waals surface area contributed by atoms with Crippen molar-refractivity contribution in [2.45, 2.75) is 25.4 Å². The number of nitrogens with two attached hydrogens (primary N) is 1. The molecular weight excluding hydrogens is 422 g/mol. The standard InChI is InChI=1S/C25H20F2N6/c26-17-3-1-15(2-4-17)23-24(20-9-11-29-25(28)30-20)33-19(6-8-22(33)31-23)14-32-12-10-16-13-18(27)5-7-21(16)32/h1-5,7,9-13,19H,6,8,14H2,(H2,28,29,30)/t19-/m0/s1. The van der Waals surface area contributed by atoms with Crippen molar-refractivity contribution < 1.29 is 8.78 Å². The van der Waals surface area contributed by atoms with Crippen molar-refractivity contribution in [1.29, 1.82) is 0 Å². The molecule has 164 valence electrons. The minimum atomic E-state index is -0.299. The first-order chi connectivity index (χ1) is 16.1. The Morgan fingerprint density at radius 3 is 2.61 bits per heavy atom. The molecule has 1 aliphatic rings. The summed E-state index contributed by atoms with van der Waals surface area (Å²) in [6, 6.07) is 15.0. The minimum Gasteiger partial charge on any atom is -0.368 e. The number of benzene rings is 2. The first kappa shape index (κ1) is 19.6. The second kappa shape index (κ2) is 7.51. The Morgan fingerprint density at radius 2 is 1.79 bits per heavy atom. The third-order valence-electron chi connectivity index (χ3n) is 6.23. The van der Waals surface area contributed by atoms with Crippen LogP contribution in [-0.4, -0.2) is 24.1 Å². The summed E-state index contributed by atoms with van der Waals surface area (Å²) in [5.41, 5.74) is 9.95. The fourth-order valence-electron chi connectivity index (χ4n) is 4.76. The molecule has 0 aliphatic carbocycles. The average molecular weight is 442 g/mol. The topological polar surface area (TPSA) is 74.5 Å². The molecule has 0 saturated carbocycles. The van der Waals surface area contributed by atoms with Crippen molar-refractivity contribution in [1.82, 2.24) is 24.1 Å². The van der Waals surface area contributed by atoms with Gasteiger partial charge in [-0.3, -0.25) is 0 Å². The van der Waals surface area contributed by atoms with Crippen LogP contribution in [0.2, 0.25) is 0 Å². The fourth-order valence-corrected chi connectivity index (χ4v) is 4.76. The zero-order valence-corrected chi connectivity index (χ0v) is 17.6. The van der Waals surface area contributed by atoms with Gasteiger partial charge in [0.1, 0.15) is 17.5 Å². The van der Waals surface area contributed by atoms with E-state index in [-0.39, 0.29) is 23.6 Å². The Bertz CT molecular complexity index is 1490. The van der Waals surface area contributed by atoms with Gasteiger partial charge in [-0.05, 0) is 61.0 Å². The average Bonchev–Trinajstić information content (AvgIpc) is 3.49. The molecule has 0 saturated heterocycles. The molecule has 3 aromatic heterocycles. The van der Waals surface area contributed by atoms with Gasteiger partial charge in [0.25, 0.3) is 0 Å². The van der Waals surface area contributed by atoms with E-state index in [2.05, 4.69) is 19.1 Å². The highest BCUT2D eigenvalue weighted by Gasteiger charge is 2.31. The Labute approximate surface area is 188 Å². The van der Waals surface area contributed by atoms with Crippen LogP contribution in [0.3, 0.4) is 0 Å². The van der Waals surface area contributed by atoms with Crippen molar-refractivity contribution in [2.24, 2.45) is 0 Å². The van der Waals surface area contributed by atoms with Crippen LogP contribution in [-0.2, 0) is 13.0 Å². The van der Waals surface area contributed by atoms with Crippen LogP contribution >= 0.6 is 0 Å². The molecule has 1 atom stereocenters. The highest BCUT2D eigenvalue weighted by atomic mass is 19.1. The summed E-state index contributed by atoms with van der Waals surface area (Å²) in [5, 5.41) is 0.870. The predicted octanol–water partition coefficient (Wildman–Crippen LogP) is 5.01. The highest BCUT2D eigenvalue weighted by molar-refractivity contribution is 5.80. The van der Waals surface area contributed by atoms with Crippen molar-refractivity contribution >= 4 is 16.9 Å². The number of aromatic nitrogens is 5. The van der Waals surface area contributed by atoms with Gasteiger partial charge in [0.15, 0.2) is 0 Å². The van der Waals surface area contributed by atoms with E-state index in [4.69, 9.17) is 10.7 Å². The molecule has 1 aliphatic heterocycles. The van der Waals surface area contributed by atoms with E-state index in [9.17, 15) is 8.78 Å².